The molecule has 1 aliphatic rings. The van der Waals surface area contributed by atoms with Crippen LogP contribution in [0.4, 0.5) is 4.39 Å². The van der Waals surface area contributed by atoms with Crippen molar-refractivity contribution in [1.29, 1.82) is 0 Å². The largest absolute Gasteiger partial charge is 0.467 e. The molecule has 2 aromatic heterocycles. The van der Waals surface area contributed by atoms with Gasteiger partial charge in [-0.25, -0.2) is 9.40 Å². The minimum Gasteiger partial charge on any atom is -0.467 e. The van der Waals surface area contributed by atoms with E-state index in [0.29, 0.717) is 17.9 Å². The first-order valence-electron chi connectivity index (χ1n) is 9.55. The van der Waals surface area contributed by atoms with Crippen molar-refractivity contribution in [3.05, 3.63) is 82.2 Å². The van der Waals surface area contributed by atoms with Crippen LogP contribution in [0.2, 0.25) is 0 Å². The number of rotatable bonds is 8. The fourth-order valence-electron chi connectivity index (χ4n) is 3.12. The van der Waals surface area contributed by atoms with Crippen molar-refractivity contribution in [2.75, 3.05) is 12.4 Å². The highest BCUT2D eigenvalue weighted by Gasteiger charge is 2.35. The summed E-state index contributed by atoms with van der Waals surface area (Å²) in [6.07, 6.45) is 2.08. The second-order valence-corrected chi connectivity index (χ2v) is 8.71. The van der Waals surface area contributed by atoms with Gasteiger partial charge in [0, 0.05) is 12.2 Å². The molecule has 160 valence electrons. The molecule has 1 atom stereocenters. The Morgan fingerprint density at radius 1 is 1.23 bits per heavy atom. The second kappa shape index (κ2) is 9.93. The first-order chi connectivity index (χ1) is 15.1. The summed E-state index contributed by atoms with van der Waals surface area (Å²) in [6, 6.07) is 13.2. The Morgan fingerprint density at radius 2 is 2.06 bits per heavy atom. The van der Waals surface area contributed by atoms with E-state index in [9.17, 15) is 14.0 Å². The van der Waals surface area contributed by atoms with E-state index in [1.54, 1.807) is 41.9 Å². The zero-order chi connectivity index (χ0) is 21.6. The van der Waals surface area contributed by atoms with Crippen LogP contribution in [-0.4, -0.2) is 35.0 Å². The summed E-state index contributed by atoms with van der Waals surface area (Å²) in [5, 5.41) is 7.77. The van der Waals surface area contributed by atoms with Gasteiger partial charge in [0.05, 0.1) is 22.6 Å². The van der Waals surface area contributed by atoms with E-state index >= 15 is 0 Å². The van der Waals surface area contributed by atoms with Crippen molar-refractivity contribution in [3.63, 3.8) is 0 Å². The van der Waals surface area contributed by atoms with Gasteiger partial charge < -0.3 is 9.15 Å². The summed E-state index contributed by atoms with van der Waals surface area (Å²) >= 11 is 2.89. The number of nitrogens with zero attached hydrogens (tertiary/aromatic N) is 2. The van der Waals surface area contributed by atoms with E-state index in [1.165, 1.54) is 28.9 Å². The molecule has 1 amide bonds. The SMILES string of the molecule is O=C(CSCc1ccc(F)cc1)OCC(=O)N1N=C(c2cccs2)CC1c1ccco1. The molecule has 0 fully saturated rings. The van der Waals surface area contributed by atoms with Gasteiger partial charge in [-0.2, -0.15) is 5.10 Å². The molecular formula is C22H19FN2O4S2. The number of esters is 1. The first-order valence-corrected chi connectivity index (χ1v) is 11.6. The van der Waals surface area contributed by atoms with Gasteiger partial charge in [0.1, 0.15) is 17.6 Å². The predicted molar refractivity (Wildman–Crippen MR) is 117 cm³/mol. The second-order valence-electron chi connectivity index (χ2n) is 6.78. The maximum Gasteiger partial charge on any atom is 0.316 e. The third-order valence-electron chi connectivity index (χ3n) is 4.60. The fraction of sp³-hybridized carbons (Fsp3) is 0.227. The Kier molecular flexibility index (Phi) is 6.83. The first kappa shape index (κ1) is 21.3. The molecule has 0 bridgehead atoms. The normalized spacial score (nSPS) is 15.7. The molecule has 0 aliphatic carbocycles. The molecular weight excluding hydrogens is 439 g/mol. The van der Waals surface area contributed by atoms with Crippen LogP contribution in [0, 0.1) is 5.82 Å². The fourth-order valence-corrected chi connectivity index (χ4v) is 4.62. The molecule has 6 nitrogen and oxygen atoms in total. The minimum atomic E-state index is -0.489. The molecule has 3 heterocycles. The molecule has 4 rings (SSSR count). The number of hydrogen-bond donors (Lipinski definition) is 0. The lowest BCUT2D eigenvalue weighted by molar-refractivity contribution is -0.150. The van der Waals surface area contributed by atoms with Crippen LogP contribution in [0.5, 0.6) is 0 Å². The maximum atomic E-state index is 12.9. The molecule has 1 unspecified atom stereocenters. The smallest absolute Gasteiger partial charge is 0.316 e. The molecule has 9 heteroatoms. The molecule has 3 aromatic rings. The number of halogens is 1. The van der Waals surface area contributed by atoms with Crippen LogP contribution in [0.15, 0.2) is 69.7 Å². The van der Waals surface area contributed by atoms with Gasteiger partial charge in [-0.3, -0.25) is 9.59 Å². The Balaban J connectivity index is 1.31. The van der Waals surface area contributed by atoms with E-state index in [2.05, 4.69) is 5.10 Å². The van der Waals surface area contributed by atoms with Crippen LogP contribution in [0.3, 0.4) is 0 Å². The molecule has 0 saturated heterocycles. The zero-order valence-electron chi connectivity index (χ0n) is 16.4. The molecule has 0 saturated carbocycles. The van der Waals surface area contributed by atoms with Crippen molar-refractivity contribution in [2.45, 2.75) is 18.2 Å². The van der Waals surface area contributed by atoms with Gasteiger partial charge in [0.15, 0.2) is 6.61 Å². The molecule has 0 spiro atoms. The third-order valence-corrected chi connectivity index (χ3v) is 6.50. The number of carbonyl (C=O) groups excluding carboxylic acids is 2. The Morgan fingerprint density at radius 3 is 2.77 bits per heavy atom. The van der Waals surface area contributed by atoms with E-state index in [4.69, 9.17) is 9.15 Å². The number of furan rings is 1. The summed E-state index contributed by atoms with van der Waals surface area (Å²) in [4.78, 5) is 25.8. The van der Waals surface area contributed by atoms with Crippen molar-refractivity contribution in [2.24, 2.45) is 5.10 Å². The number of benzene rings is 1. The monoisotopic (exact) mass is 458 g/mol. The summed E-state index contributed by atoms with van der Waals surface area (Å²) in [6.45, 7) is -0.394. The van der Waals surface area contributed by atoms with Crippen LogP contribution in [0.1, 0.15) is 28.7 Å². The molecule has 1 aliphatic heterocycles. The van der Waals surface area contributed by atoms with E-state index in [-0.39, 0.29) is 17.6 Å². The number of ether oxygens (including phenoxy) is 1. The van der Waals surface area contributed by atoms with Gasteiger partial charge in [0.2, 0.25) is 0 Å². The number of thiophene rings is 1. The number of hydrogen-bond acceptors (Lipinski definition) is 7. The van der Waals surface area contributed by atoms with Crippen LogP contribution in [-0.2, 0) is 20.1 Å². The number of hydrazone groups is 1. The van der Waals surface area contributed by atoms with Gasteiger partial charge in [0.25, 0.3) is 5.91 Å². The number of amides is 1. The van der Waals surface area contributed by atoms with Crippen LogP contribution >= 0.6 is 23.1 Å². The van der Waals surface area contributed by atoms with Crippen molar-refractivity contribution in [3.8, 4) is 0 Å². The average Bonchev–Trinajstić information content (AvgIpc) is 3.54. The minimum absolute atomic E-state index is 0.0932. The summed E-state index contributed by atoms with van der Waals surface area (Å²) in [7, 11) is 0. The quantitative estimate of drug-likeness (QED) is 0.460. The third kappa shape index (κ3) is 5.42. The summed E-state index contributed by atoms with van der Waals surface area (Å²) in [5.74, 6) is 0.0678. The molecule has 31 heavy (non-hydrogen) atoms. The van der Waals surface area contributed by atoms with Gasteiger partial charge in [-0.1, -0.05) is 18.2 Å². The highest BCUT2D eigenvalue weighted by molar-refractivity contribution is 7.99. The highest BCUT2D eigenvalue weighted by Crippen LogP contribution is 2.34. The maximum absolute atomic E-state index is 12.9. The summed E-state index contributed by atoms with van der Waals surface area (Å²) in [5.41, 5.74) is 1.70. The number of thioether (sulfide) groups is 1. The Bertz CT molecular complexity index is 1050. The molecule has 0 N–H and O–H groups in total. The topological polar surface area (TPSA) is 72.1 Å². The Hall–Kier alpha value is -2.91. The summed E-state index contributed by atoms with van der Waals surface area (Å²) < 4.78 is 23.6. The Labute approximate surface area is 186 Å². The molecule has 0 radical (unpaired) electrons. The van der Waals surface area contributed by atoms with Crippen LogP contribution < -0.4 is 0 Å². The predicted octanol–water partition coefficient (Wildman–Crippen LogP) is 4.63. The standard InChI is InChI=1S/C22H19FN2O4S2/c23-16-7-5-15(6-8-16)13-30-14-22(27)29-12-21(26)25-18(19-3-1-9-28-19)11-17(24-25)20-4-2-10-31-20/h1-10,18H,11-14H2. The number of carbonyl (C=O) groups is 2. The van der Waals surface area contributed by atoms with Crippen molar-refractivity contribution >= 4 is 40.7 Å². The van der Waals surface area contributed by atoms with Gasteiger partial charge in [-0.15, -0.1) is 23.1 Å². The van der Waals surface area contributed by atoms with E-state index in [0.717, 1.165) is 16.2 Å². The zero-order valence-corrected chi connectivity index (χ0v) is 18.0. The highest BCUT2D eigenvalue weighted by atomic mass is 32.2. The van der Waals surface area contributed by atoms with Crippen molar-refractivity contribution < 1.29 is 23.1 Å². The molecule has 1 aromatic carbocycles. The lowest BCUT2D eigenvalue weighted by Gasteiger charge is -2.19. The van der Waals surface area contributed by atoms with Crippen LogP contribution in [0.25, 0.3) is 0 Å². The van der Waals surface area contributed by atoms with E-state index < -0.39 is 18.5 Å². The lowest BCUT2D eigenvalue weighted by Crippen LogP contribution is -2.31. The average molecular weight is 459 g/mol. The van der Waals surface area contributed by atoms with Crippen molar-refractivity contribution in [1.82, 2.24) is 5.01 Å². The lowest BCUT2D eigenvalue weighted by atomic mass is 10.1. The van der Waals surface area contributed by atoms with E-state index in [1.807, 2.05) is 17.5 Å². The van der Waals surface area contributed by atoms with Gasteiger partial charge >= 0.3 is 5.97 Å². The van der Waals surface area contributed by atoms with Gasteiger partial charge in [-0.05, 0) is 41.3 Å².